The zero-order valence-electron chi connectivity index (χ0n) is 13.9. The van der Waals surface area contributed by atoms with E-state index in [1.54, 1.807) is 0 Å². The van der Waals surface area contributed by atoms with Crippen molar-refractivity contribution in [2.45, 2.75) is 77.2 Å². The lowest BCUT2D eigenvalue weighted by Crippen LogP contribution is -2.59. The average molecular weight is 293 g/mol. The molecule has 4 bridgehead atoms. The zero-order valence-corrected chi connectivity index (χ0v) is 13.9. The first-order valence-corrected chi connectivity index (χ1v) is 8.98. The molecule has 1 atom stereocenters. The smallest absolute Gasteiger partial charge is 0.162 e. The van der Waals surface area contributed by atoms with E-state index in [1.165, 1.54) is 38.5 Å². The van der Waals surface area contributed by atoms with Gasteiger partial charge in [0.1, 0.15) is 0 Å². The van der Waals surface area contributed by atoms with Crippen molar-refractivity contribution in [2.75, 3.05) is 13.2 Å². The Balaban J connectivity index is 1.40. The lowest BCUT2D eigenvalue weighted by atomic mass is 9.48. The molecule has 3 heteroatoms. The molecule has 4 aliphatic carbocycles. The van der Waals surface area contributed by atoms with E-state index in [1.807, 2.05) is 13.8 Å². The molecule has 4 saturated carbocycles. The van der Waals surface area contributed by atoms with Gasteiger partial charge in [-0.15, -0.1) is 0 Å². The molecule has 0 aromatic rings. The third kappa shape index (κ3) is 2.66. The highest BCUT2D eigenvalue weighted by Crippen LogP contribution is 2.61. The second kappa shape index (κ2) is 4.94. The van der Waals surface area contributed by atoms with E-state index < -0.39 is 5.79 Å². The lowest BCUT2D eigenvalue weighted by molar-refractivity contribution is -0.254. The van der Waals surface area contributed by atoms with Crippen LogP contribution < -0.4 is 5.32 Å². The Hall–Kier alpha value is -0.120. The monoisotopic (exact) mass is 293 g/mol. The summed E-state index contributed by atoms with van der Waals surface area (Å²) in [6.45, 7) is 8.00. The van der Waals surface area contributed by atoms with E-state index in [2.05, 4.69) is 12.2 Å². The van der Waals surface area contributed by atoms with Gasteiger partial charge in [-0.3, -0.25) is 0 Å². The third-order valence-electron chi connectivity index (χ3n) is 6.75. The van der Waals surface area contributed by atoms with Crippen molar-refractivity contribution in [3.05, 3.63) is 0 Å². The van der Waals surface area contributed by atoms with Gasteiger partial charge in [-0.1, -0.05) is 0 Å². The van der Waals surface area contributed by atoms with Gasteiger partial charge in [-0.25, -0.2) is 0 Å². The first-order chi connectivity index (χ1) is 9.94. The maximum absolute atomic E-state index is 5.81. The highest BCUT2D eigenvalue weighted by Gasteiger charge is 2.53. The molecule has 5 fully saturated rings. The van der Waals surface area contributed by atoms with Crippen LogP contribution in [0.4, 0.5) is 0 Å². The van der Waals surface area contributed by atoms with Crippen LogP contribution in [0.3, 0.4) is 0 Å². The van der Waals surface area contributed by atoms with Crippen molar-refractivity contribution < 1.29 is 9.47 Å². The van der Waals surface area contributed by atoms with Crippen LogP contribution in [0.1, 0.15) is 59.3 Å². The lowest BCUT2D eigenvalue weighted by Gasteiger charge is -2.59. The van der Waals surface area contributed by atoms with E-state index in [0.29, 0.717) is 17.5 Å². The van der Waals surface area contributed by atoms with E-state index in [-0.39, 0.29) is 0 Å². The second-order valence-electron chi connectivity index (χ2n) is 8.89. The van der Waals surface area contributed by atoms with Gasteiger partial charge in [0.25, 0.3) is 0 Å². The van der Waals surface area contributed by atoms with Gasteiger partial charge >= 0.3 is 0 Å². The van der Waals surface area contributed by atoms with E-state index in [4.69, 9.17) is 9.47 Å². The van der Waals surface area contributed by atoms with E-state index >= 15 is 0 Å². The molecule has 0 aromatic heterocycles. The standard InChI is InChI=1S/C18H31NO2/c1-12(19-16-10-20-17(2,3)21-11-16)18-7-13-4-14(8-18)6-15(5-13)9-18/h12-16,19H,4-11H2,1-3H3. The summed E-state index contributed by atoms with van der Waals surface area (Å²) in [6, 6.07) is 0.963. The first kappa shape index (κ1) is 14.5. The van der Waals surface area contributed by atoms with Gasteiger partial charge in [0, 0.05) is 6.04 Å². The molecule has 5 aliphatic rings. The first-order valence-electron chi connectivity index (χ1n) is 8.98. The summed E-state index contributed by atoms with van der Waals surface area (Å²) < 4.78 is 11.6. The second-order valence-corrected chi connectivity index (χ2v) is 8.89. The molecule has 1 N–H and O–H groups in total. The molecule has 0 radical (unpaired) electrons. The summed E-state index contributed by atoms with van der Waals surface area (Å²) in [7, 11) is 0. The molecule has 3 nitrogen and oxygen atoms in total. The summed E-state index contributed by atoms with van der Waals surface area (Å²) in [5, 5.41) is 3.86. The van der Waals surface area contributed by atoms with Crippen molar-refractivity contribution in [1.29, 1.82) is 0 Å². The van der Waals surface area contributed by atoms with Crippen molar-refractivity contribution in [1.82, 2.24) is 5.32 Å². The minimum atomic E-state index is -0.401. The van der Waals surface area contributed by atoms with E-state index in [9.17, 15) is 0 Å². The van der Waals surface area contributed by atoms with Crippen LogP contribution in [-0.4, -0.2) is 31.1 Å². The van der Waals surface area contributed by atoms with E-state index in [0.717, 1.165) is 31.0 Å². The van der Waals surface area contributed by atoms with Crippen molar-refractivity contribution in [2.24, 2.45) is 23.2 Å². The summed E-state index contributed by atoms with van der Waals surface area (Å²) in [5.74, 6) is 2.68. The zero-order chi connectivity index (χ0) is 14.7. The van der Waals surface area contributed by atoms with Crippen molar-refractivity contribution in [3.63, 3.8) is 0 Å². The molecule has 1 heterocycles. The number of nitrogens with one attached hydrogen (secondary N) is 1. The molecule has 1 saturated heterocycles. The fourth-order valence-corrected chi connectivity index (χ4v) is 6.03. The molecular formula is C18H31NO2. The highest BCUT2D eigenvalue weighted by molar-refractivity contribution is 5.05. The number of rotatable bonds is 3. The summed E-state index contributed by atoms with van der Waals surface area (Å²) in [6.07, 6.45) is 8.97. The Morgan fingerprint density at radius 2 is 1.38 bits per heavy atom. The van der Waals surface area contributed by atoms with Crippen LogP contribution in [0.2, 0.25) is 0 Å². The van der Waals surface area contributed by atoms with Gasteiger partial charge in [0.15, 0.2) is 5.79 Å². The predicted molar refractivity (Wildman–Crippen MR) is 83.0 cm³/mol. The highest BCUT2D eigenvalue weighted by atomic mass is 16.7. The maximum atomic E-state index is 5.81. The Labute approximate surface area is 129 Å². The summed E-state index contributed by atoms with van der Waals surface area (Å²) >= 11 is 0. The molecule has 21 heavy (non-hydrogen) atoms. The number of hydrogen-bond donors (Lipinski definition) is 1. The Morgan fingerprint density at radius 1 is 0.905 bits per heavy atom. The predicted octanol–water partition coefficient (Wildman–Crippen LogP) is 3.33. The van der Waals surface area contributed by atoms with Crippen LogP contribution in [0.15, 0.2) is 0 Å². The molecule has 0 amide bonds. The molecule has 120 valence electrons. The number of ether oxygens (including phenoxy) is 2. The maximum Gasteiger partial charge on any atom is 0.162 e. The Morgan fingerprint density at radius 3 is 1.86 bits per heavy atom. The average Bonchev–Trinajstić information content (AvgIpc) is 2.39. The van der Waals surface area contributed by atoms with Gasteiger partial charge in [0.2, 0.25) is 0 Å². The molecular weight excluding hydrogens is 262 g/mol. The topological polar surface area (TPSA) is 30.5 Å². The van der Waals surface area contributed by atoms with Gasteiger partial charge in [0.05, 0.1) is 19.3 Å². The van der Waals surface area contributed by atoms with Crippen LogP contribution in [0.25, 0.3) is 0 Å². The minimum absolute atomic E-state index is 0.362. The normalized spacial score (nSPS) is 46.7. The van der Waals surface area contributed by atoms with Crippen LogP contribution in [0, 0.1) is 23.2 Å². The molecule has 1 aliphatic heterocycles. The fourth-order valence-electron chi connectivity index (χ4n) is 6.03. The largest absolute Gasteiger partial charge is 0.349 e. The third-order valence-corrected chi connectivity index (χ3v) is 6.75. The summed E-state index contributed by atoms with van der Waals surface area (Å²) in [4.78, 5) is 0. The van der Waals surface area contributed by atoms with Gasteiger partial charge < -0.3 is 14.8 Å². The van der Waals surface area contributed by atoms with Gasteiger partial charge in [-0.2, -0.15) is 0 Å². The SMILES string of the molecule is CC(NC1COC(C)(C)OC1)C12CC3CC(CC(C3)C1)C2. The molecule has 5 rings (SSSR count). The van der Waals surface area contributed by atoms with Crippen molar-refractivity contribution in [3.8, 4) is 0 Å². The van der Waals surface area contributed by atoms with Crippen LogP contribution in [-0.2, 0) is 9.47 Å². The number of hydrogen-bond acceptors (Lipinski definition) is 3. The Bertz CT molecular complexity index is 361. The molecule has 0 spiro atoms. The molecule has 1 unspecified atom stereocenters. The molecule has 0 aromatic carbocycles. The fraction of sp³-hybridized carbons (Fsp3) is 1.00. The van der Waals surface area contributed by atoms with Crippen LogP contribution in [0.5, 0.6) is 0 Å². The Kier molecular flexibility index (Phi) is 3.40. The quantitative estimate of drug-likeness (QED) is 0.866. The van der Waals surface area contributed by atoms with Gasteiger partial charge in [-0.05, 0) is 82.5 Å². The van der Waals surface area contributed by atoms with Crippen LogP contribution >= 0.6 is 0 Å². The van der Waals surface area contributed by atoms with Crippen molar-refractivity contribution >= 4 is 0 Å². The summed E-state index contributed by atoms with van der Waals surface area (Å²) in [5.41, 5.74) is 0.571. The minimum Gasteiger partial charge on any atom is -0.349 e.